The van der Waals surface area contributed by atoms with Gasteiger partial charge in [-0.2, -0.15) is 0 Å². The zero-order valence-electron chi connectivity index (χ0n) is 15.8. The van der Waals surface area contributed by atoms with E-state index in [4.69, 9.17) is 17.3 Å². The van der Waals surface area contributed by atoms with Gasteiger partial charge in [-0.3, -0.25) is 20.1 Å². The van der Waals surface area contributed by atoms with Crippen molar-refractivity contribution in [3.8, 4) is 0 Å². The molecule has 0 aliphatic heterocycles. The highest BCUT2D eigenvalue weighted by atomic mass is 35.5. The number of hydrogen-bond donors (Lipinski definition) is 2. The van der Waals surface area contributed by atoms with Crippen molar-refractivity contribution in [2.45, 2.75) is 24.8 Å². The van der Waals surface area contributed by atoms with Crippen LogP contribution in [0, 0.1) is 5.82 Å². The van der Waals surface area contributed by atoms with Crippen molar-refractivity contribution in [1.82, 2.24) is 15.3 Å². The molecule has 29 heavy (non-hydrogen) atoms. The number of hydrogen-bond acceptors (Lipinski definition) is 4. The fourth-order valence-electron chi connectivity index (χ4n) is 3.39. The standard InChI is InChI=1S/C22H22ClFN4O/c23-18-4-1-5-19(24)20(18)22(21(25)29,10-6-16-7-12-26-13-8-16)28-14-9-17-3-2-11-27-15-17/h1-5,7-8,11-13,15,28H,6,9-10,14H2,(H2,25,29). The van der Waals surface area contributed by atoms with Gasteiger partial charge in [0.2, 0.25) is 5.91 Å². The number of nitrogens with one attached hydrogen (secondary N) is 1. The zero-order chi connectivity index (χ0) is 20.7. The third-order valence-corrected chi connectivity index (χ3v) is 5.23. The Morgan fingerprint density at radius 2 is 1.83 bits per heavy atom. The van der Waals surface area contributed by atoms with Gasteiger partial charge in [0.05, 0.1) is 0 Å². The van der Waals surface area contributed by atoms with E-state index in [9.17, 15) is 9.18 Å². The van der Waals surface area contributed by atoms with E-state index in [1.54, 1.807) is 30.9 Å². The molecular formula is C22H22ClFN4O. The molecule has 1 amide bonds. The van der Waals surface area contributed by atoms with Gasteiger partial charge in [-0.15, -0.1) is 0 Å². The van der Waals surface area contributed by atoms with Gasteiger partial charge in [0, 0.05) is 41.9 Å². The maximum absolute atomic E-state index is 14.8. The predicted molar refractivity (Wildman–Crippen MR) is 111 cm³/mol. The normalized spacial score (nSPS) is 13.0. The molecule has 1 unspecified atom stereocenters. The summed E-state index contributed by atoms with van der Waals surface area (Å²) < 4.78 is 14.8. The smallest absolute Gasteiger partial charge is 0.242 e. The summed E-state index contributed by atoms with van der Waals surface area (Å²) in [5.74, 6) is -1.25. The lowest BCUT2D eigenvalue weighted by molar-refractivity contribution is -0.125. The first-order valence-electron chi connectivity index (χ1n) is 9.30. The summed E-state index contributed by atoms with van der Waals surface area (Å²) in [7, 11) is 0. The number of nitrogens with two attached hydrogens (primary N) is 1. The van der Waals surface area contributed by atoms with Crippen molar-refractivity contribution >= 4 is 17.5 Å². The van der Waals surface area contributed by atoms with Crippen LogP contribution in [0.3, 0.4) is 0 Å². The summed E-state index contributed by atoms with van der Waals surface area (Å²) in [5, 5.41) is 3.37. The van der Waals surface area contributed by atoms with Gasteiger partial charge in [-0.1, -0.05) is 23.7 Å². The lowest BCUT2D eigenvalue weighted by Crippen LogP contribution is -2.54. The number of rotatable bonds is 9. The summed E-state index contributed by atoms with van der Waals surface area (Å²) >= 11 is 6.33. The first-order valence-corrected chi connectivity index (χ1v) is 9.68. The van der Waals surface area contributed by atoms with E-state index in [1.807, 2.05) is 24.3 Å². The Bertz CT molecular complexity index is 935. The lowest BCUT2D eigenvalue weighted by Gasteiger charge is -2.33. The first kappa shape index (κ1) is 20.9. The van der Waals surface area contributed by atoms with E-state index < -0.39 is 17.3 Å². The minimum Gasteiger partial charge on any atom is -0.368 e. The number of carbonyl (C=O) groups is 1. The lowest BCUT2D eigenvalue weighted by atomic mass is 9.82. The second kappa shape index (κ2) is 9.58. The molecular weight excluding hydrogens is 391 g/mol. The quantitative estimate of drug-likeness (QED) is 0.564. The van der Waals surface area contributed by atoms with Crippen LogP contribution >= 0.6 is 11.6 Å². The molecule has 0 spiro atoms. The van der Waals surface area contributed by atoms with Crippen molar-refractivity contribution in [2.75, 3.05) is 6.54 Å². The van der Waals surface area contributed by atoms with Crippen LogP contribution in [0.4, 0.5) is 4.39 Å². The molecule has 2 heterocycles. The molecule has 7 heteroatoms. The maximum Gasteiger partial charge on any atom is 0.242 e. The Kier molecular flexibility index (Phi) is 6.90. The number of pyridine rings is 2. The number of benzene rings is 1. The van der Waals surface area contributed by atoms with Gasteiger partial charge in [0.1, 0.15) is 11.4 Å². The van der Waals surface area contributed by atoms with Crippen molar-refractivity contribution in [1.29, 1.82) is 0 Å². The minimum atomic E-state index is -1.45. The van der Waals surface area contributed by atoms with Crippen molar-refractivity contribution in [2.24, 2.45) is 5.73 Å². The molecule has 5 nitrogen and oxygen atoms in total. The molecule has 1 aromatic carbocycles. The van der Waals surface area contributed by atoms with Crippen LogP contribution in [0.15, 0.2) is 67.3 Å². The van der Waals surface area contributed by atoms with Crippen LogP contribution in [0.2, 0.25) is 5.02 Å². The average Bonchev–Trinajstić information content (AvgIpc) is 2.72. The van der Waals surface area contributed by atoms with Crippen LogP contribution in [-0.4, -0.2) is 22.4 Å². The van der Waals surface area contributed by atoms with Gasteiger partial charge < -0.3 is 5.73 Å². The molecule has 3 N–H and O–H groups in total. The van der Waals surface area contributed by atoms with Crippen LogP contribution in [0.5, 0.6) is 0 Å². The molecule has 0 aliphatic carbocycles. The first-order chi connectivity index (χ1) is 14.0. The SMILES string of the molecule is NC(=O)C(CCc1ccncc1)(NCCc1cccnc1)c1c(F)cccc1Cl. The van der Waals surface area contributed by atoms with E-state index >= 15 is 0 Å². The number of aryl methyl sites for hydroxylation is 1. The summed E-state index contributed by atoms with van der Waals surface area (Å²) in [4.78, 5) is 20.8. The van der Waals surface area contributed by atoms with E-state index in [2.05, 4.69) is 15.3 Å². The molecule has 0 bridgehead atoms. The van der Waals surface area contributed by atoms with E-state index in [1.165, 1.54) is 12.1 Å². The number of halogens is 2. The van der Waals surface area contributed by atoms with Gasteiger partial charge in [-0.25, -0.2) is 4.39 Å². The molecule has 0 saturated heterocycles. The highest BCUT2D eigenvalue weighted by molar-refractivity contribution is 6.31. The van der Waals surface area contributed by atoms with E-state index in [0.29, 0.717) is 19.4 Å². The number of aromatic nitrogens is 2. The fraction of sp³-hybridized carbons (Fsp3) is 0.227. The summed E-state index contributed by atoms with van der Waals surface area (Å²) in [5.41, 5.74) is 6.42. The van der Waals surface area contributed by atoms with E-state index in [-0.39, 0.29) is 17.0 Å². The summed E-state index contributed by atoms with van der Waals surface area (Å²) in [6, 6.07) is 11.8. The van der Waals surface area contributed by atoms with Crippen molar-refractivity contribution < 1.29 is 9.18 Å². The molecule has 2 aromatic heterocycles. The van der Waals surface area contributed by atoms with Gasteiger partial charge in [0.25, 0.3) is 0 Å². The van der Waals surface area contributed by atoms with E-state index in [0.717, 1.165) is 11.1 Å². The Morgan fingerprint density at radius 1 is 1.03 bits per heavy atom. The second-order valence-corrected chi connectivity index (χ2v) is 7.17. The maximum atomic E-state index is 14.8. The number of amides is 1. The molecule has 150 valence electrons. The highest BCUT2D eigenvalue weighted by Gasteiger charge is 2.41. The van der Waals surface area contributed by atoms with Crippen LogP contribution in [0.25, 0.3) is 0 Å². The molecule has 0 fully saturated rings. The molecule has 0 aliphatic rings. The minimum absolute atomic E-state index is 0.0782. The van der Waals surface area contributed by atoms with Gasteiger partial charge >= 0.3 is 0 Å². The predicted octanol–water partition coefficient (Wildman–Crippen LogP) is 3.41. The fourth-order valence-corrected chi connectivity index (χ4v) is 3.71. The van der Waals surface area contributed by atoms with Crippen LogP contribution in [-0.2, 0) is 23.2 Å². The average molecular weight is 413 g/mol. The molecule has 0 radical (unpaired) electrons. The Balaban J connectivity index is 1.92. The Labute approximate surface area is 174 Å². The van der Waals surface area contributed by atoms with Gasteiger partial charge in [0.15, 0.2) is 0 Å². The number of nitrogens with zero attached hydrogens (tertiary/aromatic N) is 2. The zero-order valence-corrected chi connectivity index (χ0v) is 16.6. The third kappa shape index (κ3) is 4.96. The second-order valence-electron chi connectivity index (χ2n) is 6.76. The van der Waals surface area contributed by atoms with Gasteiger partial charge in [-0.05, 0) is 60.7 Å². The third-order valence-electron chi connectivity index (χ3n) is 4.91. The summed E-state index contributed by atoms with van der Waals surface area (Å²) in [6.45, 7) is 0.398. The monoisotopic (exact) mass is 412 g/mol. The number of primary amides is 1. The molecule has 0 saturated carbocycles. The largest absolute Gasteiger partial charge is 0.368 e. The highest BCUT2D eigenvalue weighted by Crippen LogP contribution is 2.34. The molecule has 3 rings (SSSR count). The van der Waals surface area contributed by atoms with Crippen molar-refractivity contribution in [3.05, 3.63) is 94.8 Å². The molecule has 3 aromatic rings. The van der Waals surface area contributed by atoms with Crippen molar-refractivity contribution in [3.63, 3.8) is 0 Å². The summed E-state index contributed by atoms with van der Waals surface area (Å²) in [6.07, 6.45) is 8.14. The Hall–Kier alpha value is -2.83. The van der Waals surface area contributed by atoms with Crippen LogP contribution < -0.4 is 11.1 Å². The number of carbonyl (C=O) groups excluding carboxylic acids is 1. The topological polar surface area (TPSA) is 80.9 Å². The van der Waals surface area contributed by atoms with Crippen LogP contribution in [0.1, 0.15) is 23.1 Å². The Morgan fingerprint density at radius 3 is 2.48 bits per heavy atom. The molecule has 1 atom stereocenters.